The van der Waals surface area contributed by atoms with Gasteiger partial charge in [0.05, 0.1) is 6.61 Å². The zero-order valence-electron chi connectivity index (χ0n) is 16.8. The van der Waals surface area contributed by atoms with Crippen molar-refractivity contribution < 1.29 is 9.53 Å². The summed E-state index contributed by atoms with van der Waals surface area (Å²) in [5.41, 5.74) is 2.89. The second kappa shape index (κ2) is 9.27. The van der Waals surface area contributed by atoms with Gasteiger partial charge in [-0.15, -0.1) is 0 Å². The van der Waals surface area contributed by atoms with E-state index in [1.165, 1.54) is 10.8 Å². The molecule has 0 radical (unpaired) electrons. The molecule has 0 atom stereocenters. The Hall–Kier alpha value is -3.01. The van der Waals surface area contributed by atoms with E-state index >= 15 is 0 Å². The van der Waals surface area contributed by atoms with Crippen LogP contribution >= 0.6 is 0 Å². The molecule has 28 heavy (non-hydrogen) atoms. The van der Waals surface area contributed by atoms with Crippen LogP contribution in [0.25, 0.3) is 10.8 Å². The molecule has 0 fully saturated rings. The van der Waals surface area contributed by atoms with Crippen LogP contribution in [0.5, 0.6) is 5.75 Å². The maximum Gasteiger partial charge on any atom is 0.224 e. The second-order valence-corrected chi connectivity index (χ2v) is 7.28. The van der Waals surface area contributed by atoms with E-state index in [2.05, 4.69) is 28.8 Å². The normalized spacial score (nSPS) is 10.9. The number of rotatable bonds is 8. The number of anilines is 2. The molecule has 3 aromatic rings. The Labute approximate surface area is 166 Å². The lowest BCUT2D eigenvalue weighted by Gasteiger charge is -2.15. The maximum absolute atomic E-state index is 12.0. The number of hydrogen-bond acceptors (Lipinski definition) is 3. The first-order valence-corrected chi connectivity index (χ1v) is 9.84. The van der Waals surface area contributed by atoms with Crippen LogP contribution in [0.2, 0.25) is 0 Å². The molecule has 1 amide bonds. The summed E-state index contributed by atoms with van der Waals surface area (Å²) in [5, 5.41) is 8.82. The largest absolute Gasteiger partial charge is 0.494 e. The Morgan fingerprint density at radius 2 is 1.79 bits per heavy atom. The van der Waals surface area contributed by atoms with Gasteiger partial charge in [-0.25, -0.2) is 0 Å². The van der Waals surface area contributed by atoms with Crippen molar-refractivity contribution in [1.82, 2.24) is 0 Å². The Morgan fingerprint density at radius 3 is 2.57 bits per heavy atom. The first-order chi connectivity index (χ1) is 13.6. The molecule has 0 unspecified atom stereocenters. The summed E-state index contributed by atoms with van der Waals surface area (Å²) in [6.07, 6.45) is 0.519. The minimum Gasteiger partial charge on any atom is -0.494 e. The summed E-state index contributed by atoms with van der Waals surface area (Å²) in [7, 11) is 0. The van der Waals surface area contributed by atoms with Crippen LogP contribution in [0.3, 0.4) is 0 Å². The first-order valence-electron chi connectivity index (χ1n) is 9.84. The molecule has 0 saturated heterocycles. The van der Waals surface area contributed by atoms with Gasteiger partial charge >= 0.3 is 0 Å². The van der Waals surface area contributed by atoms with E-state index in [-0.39, 0.29) is 5.91 Å². The van der Waals surface area contributed by atoms with E-state index in [1.54, 1.807) is 0 Å². The molecule has 0 aliphatic rings. The highest BCUT2D eigenvalue weighted by atomic mass is 16.5. The van der Waals surface area contributed by atoms with Gasteiger partial charge in [0.25, 0.3) is 0 Å². The Morgan fingerprint density at radius 1 is 1.00 bits per heavy atom. The van der Waals surface area contributed by atoms with Gasteiger partial charge in [0, 0.05) is 29.9 Å². The average Bonchev–Trinajstić information content (AvgIpc) is 2.67. The topological polar surface area (TPSA) is 50.4 Å². The molecule has 4 nitrogen and oxygen atoms in total. The van der Waals surface area contributed by atoms with Gasteiger partial charge in [-0.1, -0.05) is 50.2 Å². The van der Waals surface area contributed by atoms with Crippen LogP contribution in [0.4, 0.5) is 11.4 Å². The smallest absolute Gasteiger partial charge is 0.224 e. The van der Waals surface area contributed by atoms with E-state index in [9.17, 15) is 4.79 Å². The molecular weight excluding hydrogens is 348 g/mol. The lowest BCUT2D eigenvalue weighted by molar-refractivity contribution is -0.116. The summed E-state index contributed by atoms with van der Waals surface area (Å²) < 4.78 is 5.85. The van der Waals surface area contributed by atoms with Gasteiger partial charge in [-0.2, -0.15) is 0 Å². The van der Waals surface area contributed by atoms with Crippen molar-refractivity contribution in [2.45, 2.75) is 33.7 Å². The monoisotopic (exact) mass is 376 g/mol. The van der Waals surface area contributed by atoms with E-state index in [4.69, 9.17) is 4.74 Å². The molecule has 0 spiro atoms. The van der Waals surface area contributed by atoms with Crippen molar-refractivity contribution >= 4 is 28.1 Å². The fraction of sp³-hybridized carbons (Fsp3) is 0.292. The molecule has 0 heterocycles. The Bertz CT molecular complexity index is 950. The van der Waals surface area contributed by atoms with Crippen molar-refractivity contribution in [1.29, 1.82) is 0 Å². The van der Waals surface area contributed by atoms with E-state index in [1.807, 2.05) is 63.2 Å². The van der Waals surface area contributed by atoms with Gasteiger partial charge in [-0.05, 0) is 47.9 Å². The lowest BCUT2D eigenvalue weighted by atomic mass is 10.0. The molecule has 0 aliphatic heterocycles. The number of benzene rings is 3. The van der Waals surface area contributed by atoms with Gasteiger partial charge < -0.3 is 15.4 Å². The quantitative estimate of drug-likeness (QED) is 0.519. The summed E-state index contributed by atoms with van der Waals surface area (Å²) in [5.74, 6) is 1.28. The average molecular weight is 377 g/mol. The third kappa shape index (κ3) is 5.03. The zero-order chi connectivity index (χ0) is 19.9. The Balaban J connectivity index is 1.78. The van der Waals surface area contributed by atoms with Crippen LogP contribution in [-0.4, -0.2) is 12.5 Å². The molecule has 2 N–H and O–H groups in total. The zero-order valence-corrected chi connectivity index (χ0v) is 16.8. The number of nitrogens with one attached hydrogen (secondary N) is 2. The van der Waals surface area contributed by atoms with Crippen molar-refractivity contribution in [3.05, 3.63) is 66.2 Å². The number of amides is 1. The highest BCUT2D eigenvalue weighted by molar-refractivity contribution is 5.91. The number of carbonyl (C=O) groups is 1. The molecule has 3 rings (SSSR count). The third-order valence-electron chi connectivity index (χ3n) is 4.51. The van der Waals surface area contributed by atoms with Crippen LogP contribution in [-0.2, 0) is 11.3 Å². The molecule has 0 bridgehead atoms. The fourth-order valence-electron chi connectivity index (χ4n) is 3.27. The molecule has 4 heteroatoms. The molecule has 0 aromatic heterocycles. The number of carbonyl (C=O) groups excluding carboxylic acids is 1. The van der Waals surface area contributed by atoms with Gasteiger partial charge in [0.2, 0.25) is 5.91 Å². The van der Waals surface area contributed by atoms with Gasteiger partial charge in [0.15, 0.2) is 0 Å². The van der Waals surface area contributed by atoms with Gasteiger partial charge in [-0.3, -0.25) is 4.79 Å². The van der Waals surface area contributed by atoms with Crippen molar-refractivity contribution in [3.8, 4) is 5.75 Å². The minimum absolute atomic E-state index is 0.0415. The van der Waals surface area contributed by atoms with Gasteiger partial charge in [0.1, 0.15) is 5.75 Å². The van der Waals surface area contributed by atoms with Crippen LogP contribution in [0.15, 0.2) is 60.7 Å². The van der Waals surface area contributed by atoms with Crippen molar-refractivity contribution in [3.63, 3.8) is 0 Å². The second-order valence-electron chi connectivity index (χ2n) is 7.28. The molecule has 0 saturated carbocycles. The predicted molar refractivity (Wildman–Crippen MR) is 117 cm³/mol. The number of ether oxygens (including phenoxy) is 1. The SMILES string of the molecule is CCOc1ccc2ccccc2c1CNc1cccc(NC(=O)CC(C)C)c1. The molecule has 3 aromatic carbocycles. The summed E-state index contributed by atoms with van der Waals surface area (Å²) >= 11 is 0. The Kier molecular flexibility index (Phi) is 6.53. The lowest BCUT2D eigenvalue weighted by Crippen LogP contribution is -2.14. The van der Waals surface area contributed by atoms with E-state index in [0.717, 1.165) is 22.7 Å². The molecule has 0 aliphatic carbocycles. The maximum atomic E-state index is 12.0. The molecule has 146 valence electrons. The third-order valence-corrected chi connectivity index (χ3v) is 4.51. The van der Waals surface area contributed by atoms with E-state index < -0.39 is 0 Å². The highest BCUT2D eigenvalue weighted by Gasteiger charge is 2.09. The standard InChI is InChI=1S/C24H28N2O2/c1-4-28-23-13-12-18-8-5-6-11-21(18)22(23)16-25-19-9-7-10-20(15-19)26-24(27)14-17(2)3/h5-13,15,17,25H,4,14,16H2,1-3H3,(H,26,27). The number of fused-ring (bicyclic) bond motifs is 1. The van der Waals surface area contributed by atoms with Crippen molar-refractivity contribution in [2.75, 3.05) is 17.2 Å². The first kappa shape index (κ1) is 19.7. The minimum atomic E-state index is 0.0415. The van der Waals surface area contributed by atoms with Crippen LogP contribution < -0.4 is 15.4 Å². The predicted octanol–water partition coefficient (Wildman–Crippen LogP) is 5.84. The van der Waals surface area contributed by atoms with Crippen LogP contribution in [0.1, 0.15) is 32.8 Å². The van der Waals surface area contributed by atoms with Crippen LogP contribution in [0, 0.1) is 5.92 Å². The summed E-state index contributed by atoms with van der Waals surface area (Å²) in [6, 6.07) is 20.3. The summed E-state index contributed by atoms with van der Waals surface area (Å²) in [6.45, 7) is 7.34. The molecular formula is C24H28N2O2. The highest BCUT2D eigenvalue weighted by Crippen LogP contribution is 2.29. The fourth-order valence-corrected chi connectivity index (χ4v) is 3.27. The van der Waals surface area contributed by atoms with Crippen molar-refractivity contribution in [2.24, 2.45) is 5.92 Å². The summed E-state index contributed by atoms with van der Waals surface area (Å²) in [4.78, 5) is 12.0. The van der Waals surface area contributed by atoms with E-state index in [0.29, 0.717) is 25.5 Å². The number of hydrogen-bond donors (Lipinski definition) is 2.